The number of hydrogen-bond donors (Lipinski definition) is 1. The van der Waals surface area contributed by atoms with E-state index in [0.717, 1.165) is 20.8 Å². The molecule has 1 fully saturated rings. The van der Waals surface area contributed by atoms with E-state index >= 15 is 0 Å². The monoisotopic (exact) mass is 385 g/mol. The molecule has 0 aromatic carbocycles. The molecule has 1 aliphatic heterocycles. The second kappa shape index (κ2) is 6.61. The number of fused-ring (bicyclic) bond motifs is 1. The van der Waals surface area contributed by atoms with Crippen LogP contribution in [0.1, 0.15) is 23.8 Å². The SMILES string of the molecule is Cc1sc2ncnc(S[C@H](C)C(=O)N[C@H]3CCS(=O)(=O)C3)c2c1C. The Morgan fingerprint density at radius 1 is 1.42 bits per heavy atom. The van der Waals surface area contributed by atoms with Gasteiger partial charge in [-0.1, -0.05) is 11.8 Å². The normalized spacial score (nSPS) is 21.0. The minimum absolute atomic E-state index is 0.0384. The van der Waals surface area contributed by atoms with Gasteiger partial charge in [0.25, 0.3) is 0 Å². The highest BCUT2D eigenvalue weighted by Gasteiger charge is 2.30. The molecule has 3 rings (SSSR count). The molecule has 0 radical (unpaired) electrons. The fourth-order valence-electron chi connectivity index (χ4n) is 2.69. The Bertz CT molecular complexity index is 892. The summed E-state index contributed by atoms with van der Waals surface area (Å²) < 4.78 is 23.0. The quantitative estimate of drug-likeness (QED) is 0.640. The highest BCUT2D eigenvalue weighted by Crippen LogP contribution is 2.35. The van der Waals surface area contributed by atoms with Crippen LogP contribution in [-0.4, -0.2) is 47.1 Å². The Hall–Kier alpha value is -1.19. The number of thioether (sulfide) groups is 1. The predicted octanol–water partition coefficient (Wildman–Crippen LogP) is 2.09. The van der Waals surface area contributed by atoms with Gasteiger partial charge in [-0.3, -0.25) is 4.79 Å². The third-order valence-electron chi connectivity index (χ3n) is 4.17. The van der Waals surface area contributed by atoms with E-state index in [1.807, 2.05) is 20.8 Å². The van der Waals surface area contributed by atoms with Crippen LogP contribution in [0, 0.1) is 13.8 Å². The molecule has 130 valence electrons. The smallest absolute Gasteiger partial charge is 0.233 e. The fourth-order valence-corrected chi connectivity index (χ4v) is 6.41. The van der Waals surface area contributed by atoms with Gasteiger partial charge >= 0.3 is 0 Å². The number of sulfone groups is 1. The van der Waals surface area contributed by atoms with Gasteiger partial charge in [0.15, 0.2) is 9.84 Å². The first-order valence-corrected chi connectivity index (χ1v) is 11.2. The molecule has 0 unspecified atom stereocenters. The van der Waals surface area contributed by atoms with Gasteiger partial charge in [0.1, 0.15) is 16.2 Å². The predicted molar refractivity (Wildman–Crippen MR) is 97.4 cm³/mol. The summed E-state index contributed by atoms with van der Waals surface area (Å²) in [5.41, 5.74) is 1.15. The molecule has 0 aliphatic carbocycles. The first-order valence-electron chi connectivity index (χ1n) is 7.65. The van der Waals surface area contributed by atoms with Crippen LogP contribution in [0.5, 0.6) is 0 Å². The van der Waals surface area contributed by atoms with Crippen molar-refractivity contribution in [1.29, 1.82) is 0 Å². The minimum atomic E-state index is -3.00. The lowest BCUT2D eigenvalue weighted by Crippen LogP contribution is -2.39. The molecule has 0 saturated carbocycles. The summed E-state index contributed by atoms with van der Waals surface area (Å²) in [6, 6.07) is -0.277. The molecule has 2 aromatic rings. The van der Waals surface area contributed by atoms with Crippen molar-refractivity contribution in [2.24, 2.45) is 0 Å². The van der Waals surface area contributed by atoms with Crippen LogP contribution in [0.25, 0.3) is 10.2 Å². The third kappa shape index (κ3) is 3.57. The molecule has 0 bridgehead atoms. The largest absolute Gasteiger partial charge is 0.351 e. The minimum Gasteiger partial charge on any atom is -0.351 e. The summed E-state index contributed by atoms with van der Waals surface area (Å²) in [6.07, 6.45) is 2.01. The summed E-state index contributed by atoms with van der Waals surface area (Å²) in [5.74, 6) is 0.0364. The number of hydrogen-bond acceptors (Lipinski definition) is 7. The van der Waals surface area contributed by atoms with Crippen molar-refractivity contribution in [2.75, 3.05) is 11.5 Å². The third-order valence-corrected chi connectivity index (χ3v) is 8.15. The van der Waals surface area contributed by atoms with Crippen LogP contribution in [-0.2, 0) is 14.6 Å². The Labute approximate surface area is 149 Å². The molecule has 1 amide bonds. The lowest BCUT2D eigenvalue weighted by molar-refractivity contribution is -0.120. The number of carbonyl (C=O) groups is 1. The van der Waals surface area contributed by atoms with Crippen molar-refractivity contribution in [1.82, 2.24) is 15.3 Å². The highest BCUT2D eigenvalue weighted by molar-refractivity contribution is 8.00. The Kier molecular flexibility index (Phi) is 4.85. The highest BCUT2D eigenvalue weighted by atomic mass is 32.2. The van der Waals surface area contributed by atoms with Crippen LogP contribution in [0.3, 0.4) is 0 Å². The van der Waals surface area contributed by atoms with E-state index in [-0.39, 0.29) is 28.7 Å². The van der Waals surface area contributed by atoms with Crippen LogP contribution in [0.4, 0.5) is 0 Å². The van der Waals surface area contributed by atoms with Gasteiger partial charge in [-0.25, -0.2) is 18.4 Å². The molecule has 1 saturated heterocycles. The maximum atomic E-state index is 12.4. The van der Waals surface area contributed by atoms with Gasteiger partial charge in [-0.05, 0) is 32.8 Å². The summed E-state index contributed by atoms with van der Waals surface area (Å²) in [6.45, 7) is 5.90. The van der Waals surface area contributed by atoms with Crippen molar-refractivity contribution in [3.8, 4) is 0 Å². The van der Waals surface area contributed by atoms with Crippen LogP contribution >= 0.6 is 23.1 Å². The molecule has 6 nitrogen and oxygen atoms in total. The second-order valence-corrected chi connectivity index (χ2v) is 10.8. The number of thiophene rings is 1. The summed E-state index contributed by atoms with van der Waals surface area (Å²) in [7, 11) is -3.00. The van der Waals surface area contributed by atoms with Gasteiger partial charge in [0.2, 0.25) is 5.91 Å². The number of amides is 1. The van der Waals surface area contributed by atoms with E-state index in [9.17, 15) is 13.2 Å². The van der Waals surface area contributed by atoms with E-state index in [1.165, 1.54) is 23.0 Å². The lowest BCUT2D eigenvalue weighted by atomic mass is 10.2. The number of nitrogens with one attached hydrogen (secondary N) is 1. The van der Waals surface area contributed by atoms with Gasteiger partial charge in [-0.2, -0.15) is 0 Å². The summed E-state index contributed by atoms with van der Waals surface area (Å²) in [4.78, 5) is 23.1. The zero-order chi connectivity index (χ0) is 17.5. The van der Waals surface area contributed by atoms with E-state index in [2.05, 4.69) is 15.3 Å². The maximum Gasteiger partial charge on any atom is 0.233 e. The fraction of sp³-hybridized carbons (Fsp3) is 0.533. The van der Waals surface area contributed by atoms with Gasteiger partial charge < -0.3 is 5.32 Å². The van der Waals surface area contributed by atoms with Crippen molar-refractivity contribution in [3.05, 3.63) is 16.8 Å². The number of carbonyl (C=O) groups excluding carboxylic acids is 1. The van der Waals surface area contributed by atoms with Gasteiger partial charge in [-0.15, -0.1) is 11.3 Å². The molecular weight excluding hydrogens is 366 g/mol. The summed E-state index contributed by atoms with van der Waals surface area (Å²) >= 11 is 3.01. The van der Waals surface area contributed by atoms with E-state index in [4.69, 9.17) is 0 Å². The average molecular weight is 386 g/mol. The van der Waals surface area contributed by atoms with E-state index < -0.39 is 9.84 Å². The second-order valence-electron chi connectivity index (χ2n) is 6.01. The first kappa shape index (κ1) is 17.6. The molecule has 24 heavy (non-hydrogen) atoms. The molecule has 2 aromatic heterocycles. The Morgan fingerprint density at radius 3 is 2.83 bits per heavy atom. The average Bonchev–Trinajstić information content (AvgIpc) is 2.99. The van der Waals surface area contributed by atoms with Gasteiger partial charge in [0.05, 0.1) is 16.8 Å². The lowest BCUT2D eigenvalue weighted by Gasteiger charge is -2.15. The zero-order valence-electron chi connectivity index (χ0n) is 13.7. The number of aryl methyl sites for hydroxylation is 2. The van der Waals surface area contributed by atoms with Gasteiger partial charge in [0, 0.05) is 16.3 Å². The Balaban J connectivity index is 1.73. The molecule has 3 heterocycles. The van der Waals surface area contributed by atoms with E-state index in [1.54, 1.807) is 11.3 Å². The van der Waals surface area contributed by atoms with Crippen molar-refractivity contribution in [3.63, 3.8) is 0 Å². The number of rotatable bonds is 4. The first-order chi connectivity index (χ1) is 11.3. The molecule has 0 spiro atoms. The van der Waals surface area contributed by atoms with E-state index in [0.29, 0.717) is 6.42 Å². The number of nitrogens with zero attached hydrogens (tertiary/aromatic N) is 2. The topological polar surface area (TPSA) is 89.0 Å². The molecule has 9 heteroatoms. The maximum absolute atomic E-state index is 12.4. The number of aromatic nitrogens is 2. The van der Waals surface area contributed by atoms with Crippen molar-refractivity contribution in [2.45, 2.75) is 43.5 Å². The standard InChI is InChI=1S/C15H19N3O3S3/c1-8-9(2)22-14-12(8)15(17-7-16-14)23-10(3)13(19)18-11-4-5-24(20,21)6-11/h7,10-11H,4-6H2,1-3H3,(H,18,19)/t10-,11+/m1/s1. The van der Waals surface area contributed by atoms with Crippen LogP contribution in [0.2, 0.25) is 0 Å². The molecule has 1 N–H and O–H groups in total. The van der Waals surface area contributed by atoms with Crippen LogP contribution < -0.4 is 5.32 Å². The summed E-state index contributed by atoms with van der Waals surface area (Å²) in [5, 5.41) is 4.29. The Morgan fingerprint density at radius 2 is 2.17 bits per heavy atom. The van der Waals surface area contributed by atoms with Crippen molar-refractivity contribution >= 4 is 49.1 Å². The molecule has 1 aliphatic rings. The molecular formula is C15H19N3O3S3. The van der Waals surface area contributed by atoms with Crippen molar-refractivity contribution < 1.29 is 13.2 Å². The molecule has 2 atom stereocenters. The zero-order valence-corrected chi connectivity index (χ0v) is 16.1. The van der Waals surface area contributed by atoms with Crippen LogP contribution in [0.15, 0.2) is 11.4 Å².